The summed E-state index contributed by atoms with van der Waals surface area (Å²) in [5.74, 6) is 4.93. The van der Waals surface area contributed by atoms with Gasteiger partial charge < -0.3 is 50.0 Å². The lowest BCUT2D eigenvalue weighted by Crippen LogP contribution is -2.50. The topological polar surface area (TPSA) is 183 Å². The molecule has 4 saturated heterocycles. The number of hydrogen-bond acceptors (Lipinski definition) is 14. The van der Waals surface area contributed by atoms with Gasteiger partial charge in [-0.3, -0.25) is 19.6 Å². The van der Waals surface area contributed by atoms with Crippen molar-refractivity contribution >= 4 is 49.2 Å². The Bertz CT molecular complexity index is 2450. The van der Waals surface area contributed by atoms with Crippen LogP contribution in [0.3, 0.4) is 0 Å². The Balaban J connectivity index is 0.000000183. The monoisotopic (exact) mass is 1390 g/mol. The Morgan fingerprint density at radius 2 is 0.531 bits per heavy atom. The Morgan fingerprint density at radius 3 is 0.745 bits per heavy atom. The fourth-order valence-electron chi connectivity index (χ4n) is 15.6. The standard InChI is InChI=1S/2C20H30N2O2.2C19H29N3O2.2ClH/c2*1-17-6-5-9-19(14-17)15-21-10-12-22(13-11-21)20(23)24-16-18-7-3-2-4-8-18;2*20-18-8-4-7-17(13-18)14-21-9-11-22(12-10-21)19(23)24-15-16-5-2-1-3-6-16;;/h2*2-4,7-8,17,19H,5-6,9-16H2,1H3;2*1-3,5-6,17-18H,4,7-15,20H2;2*1H/t2*17-,19+;2*17-,18+;;/m1010../s1. The summed E-state index contributed by atoms with van der Waals surface area (Å²) in [5, 5.41) is 0. The summed E-state index contributed by atoms with van der Waals surface area (Å²) in [6.45, 7) is 24.7. The van der Waals surface area contributed by atoms with Crippen molar-refractivity contribution in [2.24, 2.45) is 47.0 Å². The third-order valence-electron chi connectivity index (χ3n) is 21.1. The predicted octanol–water partition coefficient (Wildman–Crippen LogP) is 13.3. The van der Waals surface area contributed by atoms with Crippen molar-refractivity contribution < 1.29 is 38.1 Å². The summed E-state index contributed by atoms with van der Waals surface area (Å²) in [6, 6.07) is 40.2. The first-order valence-corrected chi connectivity index (χ1v) is 37.0. The van der Waals surface area contributed by atoms with Crippen LogP contribution in [0.25, 0.3) is 0 Å². The first-order valence-electron chi connectivity index (χ1n) is 37.0. The molecule has 18 nitrogen and oxygen atoms in total. The summed E-state index contributed by atoms with van der Waals surface area (Å²) < 4.78 is 21.7. The highest BCUT2D eigenvalue weighted by molar-refractivity contribution is 5.85. The molecule has 4 heterocycles. The van der Waals surface area contributed by atoms with Gasteiger partial charge in [-0.25, -0.2) is 19.2 Å². The zero-order chi connectivity index (χ0) is 67.1. The van der Waals surface area contributed by atoms with Crippen LogP contribution in [0, 0.1) is 35.5 Å². The van der Waals surface area contributed by atoms with Crippen molar-refractivity contribution in [2.45, 2.75) is 155 Å². The third kappa shape index (κ3) is 28.7. The minimum absolute atomic E-state index is 0. The van der Waals surface area contributed by atoms with Crippen molar-refractivity contribution in [3.05, 3.63) is 144 Å². The van der Waals surface area contributed by atoms with E-state index in [2.05, 4.69) is 33.4 Å². The Hall–Kier alpha value is -5.70. The van der Waals surface area contributed by atoms with E-state index in [4.69, 9.17) is 30.4 Å². The second-order valence-electron chi connectivity index (χ2n) is 29.2. The van der Waals surface area contributed by atoms with E-state index in [1.807, 2.05) is 141 Å². The van der Waals surface area contributed by atoms with Gasteiger partial charge in [0.15, 0.2) is 0 Å². The van der Waals surface area contributed by atoms with Crippen molar-refractivity contribution in [3.63, 3.8) is 0 Å². The minimum atomic E-state index is -0.196. The normalized spacial score (nSPS) is 24.9. The molecule has 8 aliphatic rings. The molecule has 4 aliphatic carbocycles. The molecule has 98 heavy (non-hydrogen) atoms. The van der Waals surface area contributed by atoms with Crippen LogP contribution in [0.1, 0.15) is 139 Å². The largest absolute Gasteiger partial charge is 0.445 e. The van der Waals surface area contributed by atoms with E-state index in [9.17, 15) is 19.2 Å². The van der Waals surface area contributed by atoms with E-state index in [1.165, 1.54) is 103 Å². The van der Waals surface area contributed by atoms with Gasteiger partial charge in [-0.1, -0.05) is 174 Å². The Morgan fingerprint density at radius 1 is 0.316 bits per heavy atom. The summed E-state index contributed by atoms with van der Waals surface area (Å²) in [7, 11) is 0. The quantitative estimate of drug-likeness (QED) is 0.101. The van der Waals surface area contributed by atoms with Gasteiger partial charge in [0.2, 0.25) is 0 Å². The van der Waals surface area contributed by atoms with Gasteiger partial charge in [0, 0.05) is 143 Å². The van der Waals surface area contributed by atoms with Crippen molar-refractivity contribution in [2.75, 3.05) is 131 Å². The number of carbonyl (C=O) groups excluding carboxylic acids is 4. The molecule has 0 bridgehead atoms. The van der Waals surface area contributed by atoms with Crippen LogP contribution in [0.5, 0.6) is 0 Å². The number of ether oxygens (including phenoxy) is 4. The van der Waals surface area contributed by atoms with E-state index in [-0.39, 0.29) is 49.2 Å². The molecule has 8 atom stereocenters. The van der Waals surface area contributed by atoms with E-state index < -0.39 is 0 Å². The van der Waals surface area contributed by atoms with Crippen molar-refractivity contribution in [1.29, 1.82) is 0 Å². The maximum absolute atomic E-state index is 12.2. The van der Waals surface area contributed by atoms with Gasteiger partial charge >= 0.3 is 24.4 Å². The van der Waals surface area contributed by atoms with Crippen LogP contribution in [0.15, 0.2) is 121 Å². The maximum Gasteiger partial charge on any atom is 0.410 e. The number of halogens is 2. The molecule has 20 heteroatoms. The lowest BCUT2D eigenvalue weighted by atomic mass is 9.82. The minimum Gasteiger partial charge on any atom is -0.445 e. The van der Waals surface area contributed by atoms with E-state index in [0.717, 1.165) is 188 Å². The molecule has 0 unspecified atom stereocenters. The van der Waals surface area contributed by atoms with E-state index in [0.29, 0.717) is 38.5 Å². The lowest BCUT2D eigenvalue weighted by Gasteiger charge is -2.37. The van der Waals surface area contributed by atoms with Gasteiger partial charge in [-0.2, -0.15) is 0 Å². The average molecular weight is 1400 g/mol. The van der Waals surface area contributed by atoms with Crippen LogP contribution in [0.4, 0.5) is 19.2 Å². The first kappa shape index (κ1) is 79.6. The predicted molar refractivity (Wildman–Crippen MR) is 395 cm³/mol. The summed E-state index contributed by atoms with van der Waals surface area (Å²) in [5.41, 5.74) is 16.3. The highest BCUT2D eigenvalue weighted by Crippen LogP contribution is 2.32. The van der Waals surface area contributed by atoms with Gasteiger partial charge in [0.1, 0.15) is 26.4 Å². The lowest BCUT2D eigenvalue weighted by molar-refractivity contribution is 0.0640. The van der Waals surface area contributed by atoms with Crippen LogP contribution >= 0.6 is 24.8 Å². The summed E-state index contributed by atoms with van der Waals surface area (Å²) in [4.78, 5) is 66.1. The van der Waals surface area contributed by atoms with Crippen molar-refractivity contribution in [3.8, 4) is 0 Å². The Kier molecular flexibility index (Phi) is 35.6. The van der Waals surface area contributed by atoms with Gasteiger partial charge in [-0.05, 0) is 122 Å². The molecule has 4 N–H and O–H groups in total. The molecule has 0 aromatic heterocycles. The number of carbonyl (C=O) groups is 4. The maximum atomic E-state index is 12.2. The van der Waals surface area contributed by atoms with Crippen molar-refractivity contribution in [1.82, 2.24) is 39.2 Å². The second-order valence-corrected chi connectivity index (χ2v) is 29.2. The number of nitrogens with zero attached hydrogens (tertiary/aromatic N) is 8. The summed E-state index contributed by atoms with van der Waals surface area (Å²) >= 11 is 0. The van der Waals surface area contributed by atoms with Gasteiger partial charge in [0.05, 0.1) is 0 Å². The number of piperazine rings is 4. The number of hydrogen-bond donors (Lipinski definition) is 2. The number of benzene rings is 4. The molecular formula is C78H120Cl2N10O8. The number of rotatable bonds is 16. The molecule has 4 amide bonds. The molecular weight excluding hydrogens is 1280 g/mol. The molecule has 4 aliphatic heterocycles. The van der Waals surface area contributed by atoms with Crippen LogP contribution < -0.4 is 11.5 Å². The fourth-order valence-corrected chi connectivity index (χ4v) is 15.6. The van der Waals surface area contributed by atoms with Crippen LogP contribution in [-0.2, 0) is 45.4 Å². The second kappa shape index (κ2) is 43.8. The van der Waals surface area contributed by atoms with E-state index in [1.54, 1.807) is 0 Å². The van der Waals surface area contributed by atoms with Crippen LogP contribution in [0.2, 0.25) is 0 Å². The molecule has 4 aromatic rings. The average Bonchev–Trinajstić information content (AvgIpc) is 0.931. The highest BCUT2D eigenvalue weighted by Gasteiger charge is 2.31. The number of nitrogens with two attached hydrogens (primary N) is 2. The molecule has 0 radical (unpaired) electrons. The van der Waals surface area contributed by atoms with Crippen LogP contribution in [-0.4, -0.2) is 207 Å². The smallest absolute Gasteiger partial charge is 0.410 e. The van der Waals surface area contributed by atoms with Gasteiger partial charge in [-0.15, -0.1) is 24.8 Å². The SMILES string of the molecule is C[C@@H]1CCC[C@H](CN2CCN(C(=O)OCc3ccccc3)CC2)C1.C[C@H]1CCC[C@@H](CN2CCN(C(=O)OCc3ccccc3)CC2)C1.Cl.Cl.N[C@@H]1CCC[C@H](CN2CCN(C(=O)OCc3ccccc3)CC2)C1.N[C@H]1CCC[C@@H](CN2CCN(C(=O)OCc3ccccc3)CC2)C1. The zero-order valence-corrected chi connectivity index (χ0v) is 60.9. The summed E-state index contributed by atoms with van der Waals surface area (Å²) in [6.07, 6.45) is 20.1. The number of amides is 4. The molecule has 4 saturated carbocycles. The molecule has 544 valence electrons. The van der Waals surface area contributed by atoms with E-state index >= 15 is 0 Å². The first-order chi connectivity index (χ1) is 46.8. The fraction of sp³-hybridized carbons (Fsp3) is 0.641. The third-order valence-corrected chi connectivity index (χ3v) is 21.1. The van der Waals surface area contributed by atoms with Gasteiger partial charge in [0.25, 0.3) is 0 Å². The molecule has 0 spiro atoms. The highest BCUT2D eigenvalue weighted by atomic mass is 35.5. The Labute approximate surface area is 599 Å². The molecule has 8 fully saturated rings. The molecule has 4 aromatic carbocycles. The molecule has 12 rings (SSSR count). The zero-order valence-electron chi connectivity index (χ0n) is 59.3.